The van der Waals surface area contributed by atoms with Crippen LogP contribution >= 0.6 is 0 Å². The van der Waals surface area contributed by atoms with Crippen molar-refractivity contribution in [3.05, 3.63) is 65.7 Å². The number of hydrogen-bond acceptors (Lipinski definition) is 6. The Morgan fingerprint density at radius 2 is 2.17 bits per heavy atom. The summed E-state index contributed by atoms with van der Waals surface area (Å²) in [4.78, 5) is 29.1. The van der Waals surface area contributed by atoms with Gasteiger partial charge in [0.15, 0.2) is 5.69 Å². The number of carbonyl (C=O) groups excluding carboxylic acids is 1. The molecule has 30 heavy (non-hydrogen) atoms. The molecule has 1 aromatic carbocycles. The second-order valence-electron chi connectivity index (χ2n) is 7.61. The van der Waals surface area contributed by atoms with Gasteiger partial charge in [0, 0.05) is 60.5 Å². The van der Waals surface area contributed by atoms with Gasteiger partial charge in [-0.1, -0.05) is 6.07 Å². The summed E-state index contributed by atoms with van der Waals surface area (Å²) in [5.74, 6) is 0.0429. The van der Waals surface area contributed by atoms with E-state index in [1.807, 2.05) is 12.1 Å². The molecule has 1 aliphatic rings. The lowest BCUT2D eigenvalue weighted by Gasteiger charge is -2.30. The Bertz CT molecular complexity index is 1090. The Morgan fingerprint density at radius 1 is 1.27 bits per heavy atom. The van der Waals surface area contributed by atoms with Crippen molar-refractivity contribution >= 4 is 28.1 Å². The van der Waals surface area contributed by atoms with Crippen molar-refractivity contribution in [2.24, 2.45) is 0 Å². The number of ether oxygens (including phenoxy) is 1. The molecular formula is C23H23N5O2. The highest BCUT2D eigenvalue weighted by Gasteiger charge is 2.22. The normalized spacial score (nSPS) is 18.7. The maximum absolute atomic E-state index is 12.7. The van der Waals surface area contributed by atoms with Crippen LogP contribution in [0, 0.1) is 6.57 Å². The third-order valence-electron chi connectivity index (χ3n) is 5.28. The number of pyridine rings is 1. The number of benzene rings is 1. The fourth-order valence-corrected chi connectivity index (χ4v) is 3.83. The topological polar surface area (TPSA) is 81.4 Å². The van der Waals surface area contributed by atoms with Gasteiger partial charge in [0.2, 0.25) is 0 Å². The monoisotopic (exact) mass is 401 g/mol. The van der Waals surface area contributed by atoms with E-state index in [1.54, 1.807) is 30.9 Å². The zero-order valence-electron chi connectivity index (χ0n) is 16.8. The average molecular weight is 401 g/mol. The number of carbonyl (C=O) groups is 1. The summed E-state index contributed by atoms with van der Waals surface area (Å²) in [6, 6.07) is 5.70. The Labute approximate surface area is 175 Å². The third kappa shape index (κ3) is 4.61. The lowest BCUT2D eigenvalue weighted by Crippen LogP contribution is -2.33. The molecule has 0 unspecified atom stereocenters. The summed E-state index contributed by atoms with van der Waals surface area (Å²) >= 11 is 0. The SMILES string of the molecule is [C-]#[N+]c1ccc2ncc(CC(=O)Cc3cnccn3)c(N[C@@H]3CCO[C@H](C)C3)c2c1. The van der Waals surface area contributed by atoms with E-state index >= 15 is 0 Å². The number of Topliss-reactive ketones (excluding diaryl/α,β-unsaturated/α-hetero) is 1. The molecule has 1 N–H and O–H groups in total. The fourth-order valence-electron chi connectivity index (χ4n) is 3.83. The van der Waals surface area contributed by atoms with Crippen LogP contribution in [0.1, 0.15) is 31.0 Å². The van der Waals surface area contributed by atoms with Crippen LogP contribution in [0.5, 0.6) is 0 Å². The molecule has 3 heterocycles. The van der Waals surface area contributed by atoms with Crippen molar-refractivity contribution in [1.82, 2.24) is 15.0 Å². The molecule has 1 saturated heterocycles. The van der Waals surface area contributed by atoms with Gasteiger partial charge >= 0.3 is 0 Å². The van der Waals surface area contributed by atoms with Crippen LogP contribution in [0.4, 0.5) is 11.4 Å². The van der Waals surface area contributed by atoms with Gasteiger partial charge in [-0.15, -0.1) is 0 Å². The van der Waals surface area contributed by atoms with Crippen molar-refractivity contribution in [3.63, 3.8) is 0 Å². The molecule has 7 heteroatoms. The van der Waals surface area contributed by atoms with Crippen molar-refractivity contribution in [3.8, 4) is 0 Å². The summed E-state index contributed by atoms with van der Waals surface area (Å²) in [5.41, 5.74) is 3.72. The zero-order chi connectivity index (χ0) is 20.9. The number of rotatable bonds is 6. The minimum atomic E-state index is 0.0429. The molecule has 152 valence electrons. The quantitative estimate of drug-likeness (QED) is 0.631. The van der Waals surface area contributed by atoms with Crippen LogP contribution in [0.3, 0.4) is 0 Å². The molecule has 1 aliphatic heterocycles. The van der Waals surface area contributed by atoms with Crippen LogP contribution in [-0.2, 0) is 22.4 Å². The van der Waals surface area contributed by atoms with Crippen molar-refractivity contribution in [2.45, 2.75) is 44.8 Å². The lowest BCUT2D eigenvalue weighted by atomic mass is 9.99. The number of aromatic nitrogens is 3. The number of hydrogen-bond donors (Lipinski definition) is 1. The molecule has 1 fully saturated rings. The molecule has 2 atom stereocenters. The number of ketones is 1. The van der Waals surface area contributed by atoms with E-state index in [1.165, 1.54) is 0 Å². The first-order chi connectivity index (χ1) is 14.6. The molecule has 3 aromatic rings. The standard InChI is InChI=1S/C23H23N5O2/c1-15-9-18(5-8-30-15)28-23-16(10-20(29)11-19-14-25-6-7-26-19)13-27-22-4-3-17(24-2)12-21(22)23/h3-4,6-7,12-15,18H,5,8-11H2,1H3,(H,27,28)/t15-,18-/m1/s1. The molecule has 7 nitrogen and oxygen atoms in total. The highest BCUT2D eigenvalue weighted by atomic mass is 16.5. The molecule has 0 aliphatic carbocycles. The number of anilines is 1. The highest BCUT2D eigenvalue weighted by molar-refractivity contribution is 5.97. The first-order valence-corrected chi connectivity index (χ1v) is 10.1. The molecule has 0 bridgehead atoms. The van der Waals surface area contributed by atoms with Crippen molar-refractivity contribution in [1.29, 1.82) is 0 Å². The lowest BCUT2D eigenvalue weighted by molar-refractivity contribution is -0.117. The van der Waals surface area contributed by atoms with Gasteiger partial charge in [-0.05, 0) is 31.9 Å². The predicted octanol–water partition coefficient (Wildman–Crippen LogP) is 3.91. The van der Waals surface area contributed by atoms with E-state index in [0.717, 1.165) is 35.0 Å². The Kier molecular flexibility index (Phi) is 5.96. The fraction of sp³-hybridized carbons (Fsp3) is 0.348. The summed E-state index contributed by atoms with van der Waals surface area (Å²) < 4.78 is 5.67. The molecule has 0 saturated carbocycles. The molecule has 0 radical (unpaired) electrons. The number of fused-ring (bicyclic) bond motifs is 1. The summed E-state index contributed by atoms with van der Waals surface area (Å²) in [6.07, 6.45) is 8.98. The minimum absolute atomic E-state index is 0.0429. The molecule has 4 rings (SSSR count). The maximum atomic E-state index is 12.7. The van der Waals surface area contributed by atoms with Gasteiger partial charge in [-0.2, -0.15) is 0 Å². The first kappa shape index (κ1) is 19.9. The van der Waals surface area contributed by atoms with Gasteiger partial charge < -0.3 is 10.1 Å². The molecule has 2 aromatic heterocycles. The number of nitrogens with zero attached hydrogens (tertiary/aromatic N) is 4. The van der Waals surface area contributed by atoms with E-state index in [0.29, 0.717) is 18.0 Å². The Hall–Kier alpha value is -3.37. The average Bonchev–Trinajstić information content (AvgIpc) is 2.75. The Balaban J connectivity index is 1.66. The van der Waals surface area contributed by atoms with Crippen molar-refractivity contribution < 1.29 is 9.53 Å². The van der Waals surface area contributed by atoms with Gasteiger partial charge in [-0.3, -0.25) is 19.7 Å². The van der Waals surface area contributed by atoms with E-state index in [2.05, 4.69) is 32.0 Å². The van der Waals surface area contributed by atoms with Crippen LogP contribution in [0.25, 0.3) is 15.7 Å². The highest BCUT2D eigenvalue weighted by Crippen LogP contribution is 2.32. The summed E-state index contributed by atoms with van der Waals surface area (Å²) in [6.45, 7) is 10.1. The van der Waals surface area contributed by atoms with Crippen LogP contribution < -0.4 is 5.32 Å². The van der Waals surface area contributed by atoms with E-state index in [-0.39, 0.29) is 30.8 Å². The van der Waals surface area contributed by atoms with Gasteiger partial charge in [0.05, 0.1) is 30.3 Å². The zero-order valence-corrected chi connectivity index (χ0v) is 16.8. The van der Waals surface area contributed by atoms with Crippen LogP contribution in [-0.4, -0.2) is 39.5 Å². The first-order valence-electron chi connectivity index (χ1n) is 10.1. The van der Waals surface area contributed by atoms with Crippen molar-refractivity contribution in [2.75, 3.05) is 11.9 Å². The maximum Gasteiger partial charge on any atom is 0.188 e. The van der Waals surface area contributed by atoms with E-state index in [4.69, 9.17) is 11.3 Å². The van der Waals surface area contributed by atoms with E-state index < -0.39 is 0 Å². The van der Waals surface area contributed by atoms with Gasteiger partial charge in [0.25, 0.3) is 0 Å². The van der Waals surface area contributed by atoms with Gasteiger partial charge in [-0.25, -0.2) is 4.85 Å². The second-order valence-corrected chi connectivity index (χ2v) is 7.61. The molecular weight excluding hydrogens is 378 g/mol. The van der Waals surface area contributed by atoms with Crippen LogP contribution in [0.15, 0.2) is 43.0 Å². The molecule has 0 amide bonds. The number of nitrogens with one attached hydrogen (secondary N) is 1. The predicted molar refractivity (Wildman–Crippen MR) is 115 cm³/mol. The second kappa shape index (κ2) is 8.97. The summed E-state index contributed by atoms with van der Waals surface area (Å²) in [7, 11) is 0. The smallest absolute Gasteiger partial charge is 0.188 e. The van der Waals surface area contributed by atoms with E-state index in [9.17, 15) is 4.79 Å². The third-order valence-corrected chi connectivity index (χ3v) is 5.28. The molecule has 0 spiro atoms. The van der Waals surface area contributed by atoms with Gasteiger partial charge in [0.1, 0.15) is 5.78 Å². The summed E-state index contributed by atoms with van der Waals surface area (Å²) in [5, 5.41) is 4.51. The largest absolute Gasteiger partial charge is 0.381 e. The van der Waals surface area contributed by atoms with Crippen LogP contribution in [0.2, 0.25) is 0 Å². The Morgan fingerprint density at radius 3 is 2.93 bits per heavy atom. The minimum Gasteiger partial charge on any atom is -0.381 e.